The first-order valence-electron chi connectivity index (χ1n) is 11.9. The van der Waals surface area contributed by atoms with E-state index in [0.29, 0.717) is 12.6 Å². The fourth-order valence-corrected chi connectivity index (χ4v) is 5.63. The third kappa shape index (κ3) is 4.78. The Balaban J connectivity index is 1.40. The molecule has 1 aromatic heterocycles. The van der Waals surface area contributed by atoms with Crippen molar-refractivity contribution in [3.63, 3.8) is 0 Å². The van der Waals surface area contributed by atoms with E-state index in [-0.39, 0.29) is 18.0 Å². The second-order valence-corrected chi connectivity index (χ2v) is 10.3. The van der Waals surface area contributed by atoms with Crippen LogP contribution in [0.3, 0.4) is 0 Å². The maximum absolute atomic E-state index is 13.2. The molecule has 0 N–H and O–H groups in total. The molecule has 34 heavy (non-hydrogen) atoms. The number of carbonyl (C=O) groups is 1. The van der Waals surface area contributed by atoms with E-state index in [4.69, 9.17) is 9.47 Å². The maximum Gasteiger partial charge on any atom is 0.235 e. The number of ether oxygens (including phenoxy) is 2. The molecule has 1 fully saturated rings. The number of hydrogen-bond acceptors (Lipinski definition) is 6. The van der Waals surface area contributed by atoms with E-state index in [1.807, 2.05) is 67.4 Å². The molecule has 7 nitrogen and oxygen atoms in total. The number of hydrogen-bond donors (Lipinski definition) is 0. The van der Waals surface area contributed by atoms with Crippen molar-refractivity contribution in [3.8, 4) is 22.9 Å². The third-order valence-corrected chi connectivity index (χ3v) is 7.69. The van der Waals surface area contributed by atoms with E-state index in [1.54, 1.807) is 0 Å². The highest BCUT2D eigenvalue weighted by molar-refractivity contribution is 8.00. The van der Waals surface area contributed by atoms with Gasteiger partial charge in [0, 0.05) is 18.7 Å². The lowest BCUT2D eigenvalue weighted by Gasteiger charge is -2.32. The van der Waals surface area contributed by atoms with Gasteiger partial charge in [-0.3, -0.25) is 9.36 Å². The van der Waals surface area contributed by atoms with Gasteiger partial charge >= 0.3 is 0 Å². The van der Waals surface area contributed by atoms with Crippen LogP contribution < -0.4 is 9.47 Å². The van der Waals surface area contributed by atoms with Gasteiger partial charge in [-0.1, -0.05) is 67.4 Å². The van der Waals surface area contributed by atoms with Crippen LogP contribution in [-0.4, -0.2) is 50.7 Å². The van der Waals surface area contributed by atoms with E-state index < -0.39 is 0 Å². The van der Waals surface area contributed by atoms with Crippen LogP contribution in [0.25, 0.3) is 11.4 Å². The molecule has 178 valence electrons. The maximum atomic E-state index is 13.2. The molecular formula is C26H30N4O3S. The third-order valence-electron chi connectivity index (χ3n) is 6.63. The van der Waals surface area contributed by atoms with E-state index >= 15 is 0 Å². The molecule has 2 aliphatic rings. The zero-order valence-electron chi connectivity index (χ0n) is 19.6. The lowest BCUT2D eigenvalue weighted by molar-refractivity contribution is -0.131. The molecule has 1 atom stereocenters. The average Bonchev–Trinajstić information content (AvgIpc) is 3.51. The number of fused-ring (bicyclic) bond motifs is 1. The highest BCUT2D eigenvalue weighted by atomic mass is 32.2. The van der Waals surface area contributed by atoms with Crippen molar-refractivity contribution in [1.29, 1.82) is 0 Å². The Morgan fingerprint density at radius 1 is 1.09 bits per heavy atom. The fourth-order valence-electron chi connectivity index (χ4n) is 4.68. The van der Waals surface area contributed by atoms with Crippen molar-refractivity contribution in [2.75, 3.05) is 13.8 Å². The quantitative estimate of drug-likeness (QED) is 0.446. The summed E-state index contributed by atoms with van der Waals surface area (Å²) in [6.45, 7) is 2.78. The molecule has 0 radical (unpaired) electrons. The molecule has 0 saturated heterocycles. The molecule has 1 unspecified atom stereocenters. The first kappa shape index (κ1) is 22.8. The molecule has 0 bridgehead atoms. The van der Waals surface area contributed by atoms with Gasteiger partial charge in [0.25, 0.3) is 0 Å². The van der Waals surface area contributed by atoms with Crippen molar-refractivity contribution in [2.24, 2.45) is 0 Å². The highest BCUT2D eigenvalue weighted by Crippen LogP contribution is 2.34. The minimum Gasteiger partial charge on any atom is -0.454 e. The van der Waals surface area contributed by atoms with Gasteiger partial charge in [-0.2, -0.15) is 0 Å². The van der Waals surface area contributed by atoms with E-state index in [2.05, 4.69) is 14.8 Å². The van der Waals surface area contributed by atoms with Crippen molar-refractivity contribution in [1.82, 2.24) is 19.7 Å². The number of thioether (sulfide) groups is 1. The lowest BCUT2D eigenvalue weighted by Crippen LogP contribution is -2.42. The summed E-state index contributed by atoms with van der Waals surface area (Å²) >= 11 is 1.47. The van der Waals surface area contributed by atoms with Crippen LogP contribution in [-0.2, 0) is 11.3 Å². The first-order chi connectivity index (χ1) is 16.6. The number of rotatable bonds is 7. The molecule has 3 aromatic rings. The van der Waals surface area contributed by atoms with E-state index in [9.17, 15) is 4.79 Å². The second-order valence-electron chi connectivity index (χ2n) is 8.95. The number of amides is 1. The minimum absolute atomic E-state index is 0.149. The highest BCUT2D eigenvalue weighted by Gasteiger charge is 2.28. The summed E-state index contributed by atoms with van der Waals surface area (Å²) in [7, 11) is 1.95. The Morgan fingerprint density at radius 3 is 2.65 bits per heavy atom. The van der Waals surface area contributed by atoms with Crippen molar-refractivity contribution in [3.05, 3.63) is 54.1 Å². The fraction of sp³-hybridized carbons (Fsp3) is 0.423. The number of nitrogens with zero attached hydrogens (tertiary/aromatic N) is 4. The average molecular weight is 479 g/mol. The zero-order valence-corrected chi connectivity index (χ0v) is 20.5. The summed E-state index contributed by atoms with van der Waals surface area (Å²) in [5, 5.41) is 9.49. The van der Waals surface area contributed by atoms with Crippen LogP contribution in [0, 0.1) is 0 Å². The van der Waals surface area contributed by atoms with Gasteiger partial charge in [0.2, 0.25) is 12.7 Å². The van der Waals surface area contributed by atoms with E-state index in [1.165, 1.54) is 31.0 Å². The molecule has 0 spiro atoms. The van der Waals surface area contributed by atoms with Gasteiger partial charge in [0.05, 0.1) is 11.8 Å². The van der Waals surface area contributed by atoms with Crippen LogP contribution in [0.5, 0.6) is 11.5 Å². The van der Waals surface area contributed by atoms with Crippen LogP contribution in [0.15, 0.2) is 53.7 Å². The summed E-state index contributed by atoms with van der Waals surface area (Å²) in [6.07, 6.45) is 5.87. The van der Waals surface area contributed by atoms with Gasteiger partial charge in [0.1, 0.15) is 0 Å². The van der Waals surface area contributed by atoms with Crippen molar-refractivity contribution in [2.45, 2.75) is 62.0 Å². The Morgan fingerprint density at radius 2 is 1.85 bits per heavy atom. The smallest absolute Gasteiger partial charge is 0.235 e. The Kier molecular flexibility index (Phi) is 6.76. The Bertz CT molecular complexity index is 1140. The molecule has 5 rings (SSSR count). The molecule has 2 heterocycles. The predicted molar refractivity (Wildman–Crippen MR) is 132 cm³/mol. The molecule has 1 saturated carbocycles. The predicted octanol–water partition coefficient (Wildman–Crippen LogP) is 4.99. The number of carbonyl (C=O) groups excluding carboxylic acids is 1. The van der Waals surface area contributed by atoms with Crippen LogP contribution in [0.4, 0.5) is 0 Å². The molecular weight excluding hydrogens is 448 g/mol. The van der Waals surface area contributed by atoms with Crippen LogP contribution in [0.2, 0.25) is 0 Å². The molecule has 1 amide bonds. The van der Waals surface area contributed by atoms with Gasteiger partial charge in [-0.15, -0.1) is 10.2 Å². The first-order valence-corrected chi connectivity index (χ1v) is 12.8. The molecule has 2 aromatic carbocycles. The SMILES string of the molecule is CC(Sc1nnc(-c2ccccc2)n1Cc1ccc2c(c1)OCO2)C(=O)N(C)C1CCCCC1. The normalized spacial score (nSPS) is 16.4. The Hall–Kier alpha value is -3.00. The molecule has 8 heteroatoms. The van der Waals surface area contributed by atoms with Gasteiger partial charge < -0.3 is 14.4 Å². The van der Waals surface area contributed by atoms with E-state index in [0.717, 1.165) is 46.4 Å². The lowest BCUT2D eigenvalue weighted by atomic mass is 9.94. The Labute approximate surface area is 204 Å². The largest absolute Gasteiger partial charge is 0.454 e. The summed E-state index contributed by atoms with van der Waals surface area (Å²) in [6, 6.07) is 16.3. The summed E-state index contributed by atoms with van der Waals surface area (Å²) in [4.78, 5) is 15.2. The number of aromatic nitrogens is 3. The zero-order chi connectivity index (χ0) is 23.5. The van der Waals surface area contributed by atoms with Gasteiger partial charge in [0.15, 0.2) is 22.5 Å². The monoisotopic (exact) mass is 478 g/mol. The standard InChI is InChI=1S/C26H30N4O3S/c1-18(25(31)29(2)21-11-7-4-8-12-21)34-26-28-27-24(20-9-5-3-6-10-20)30(26)16-19-13-14-22-23(15-19)33-17-32-22/h3,5-6,9-10,13-15,18,21H,4,7-8,11-12,16-17H2,1-2H3. The van der Waals surface area contributed by atoms with Crippen LogP contribution in [0.1, 0.15) is 44.6 Å². The summed E-state index contributed by atoms with van der Waals surface area (Å²) in [5.41, 5.74) is 2.04. The molecule has 1 aliphatic heterocycles. The minimum atomic E-state index is -0.254. The number of benzene rings is 2. The molecule has 1 aliphatic carbocycles. The van der Waals surface area contributed by atoms with Gasteiger partial charge in [-0.05, 0) is 37.5 Å². The van der Waals surface area contributed by atoms with Crippen molar-refractivity contribution < 1.29 is 14.3 Å². The summed E-state index contributed by atoms with van der Waals surface area (Å²) in [5.74, 6) is 2.44. The topological polar surface area (TPSA) is 69.5 Å². The second kappa shape index (κ2) is 10.1. The summed E-state index contributed by atoms with van der Waals surface area (Å²) < 4.78 is 13.1. The van der Waals surface area contributed by atoms with Gasteiger partial charge in [-0.25, -0.2) is 0 Å². The van der Waals surface area contributed by atoms with Crippen molar-refractivity contribution >= 4 is 17.7 Å². The van der Waals surface area contributed by atoms with Crippen LogP contribution >= 0.6 is 11.8 Å².